The molecule has 0 saturated carbocycles. The van der Waals surface area contributed by atoms with Crippen LogP contribution >= 0.6 is 11.8 Å². The van der Waals surface area contributed by atoms with Crippen LogP contribution in [0.15, 0.2) is 0 Å². The van der Waals surface area contributed by atoms with Gasteiger partial charge in [0.2, 0.25) is 70.9 Å². The van der Waals surface area contributed by atoms with E-state index in [2.05, 4.69) is 21.3 Å². The number of likely N-dealkylation sites (N-methyl/N-ethyl adjacent to an activating group) is 7. The maximum Gasteiger partial charge on any atom is 0.315 e. The van der Waals surface area contributed by atoms with Gasteiger partial charge in [-0.2, -0.15) is 0 Å². The second kappa shape index (κ2) is 36.9. The maximum atomic E-state index is 15.1. The monoisotopic (exact) mass is 1280 g/mol. The molecular formula is C61H109N13O14S. The number of nitrogens with one attached hydrogen (secondary N) is 4. The molecule has 1 aliphatic rings. The largest absolute Gasteiger partial charge is 0.462 e. The van der Waals surface area contributed by atoms with Crippen LogP contribution in [-0.2, 0) is 67.1 Å². The lowest BCUT2D eigenvalue weighted by Gasteiger charge is -2.40. The zero-order valence-electron chi connectivity index (χ0n) is 57.1. The van der Waals surface area contributed by atoms with Gasteiger partial charge in [-0.25, -0.2) is 0 Å². The van der Waals surface area contributed by atoms with Crippen molar-refractivity contribution >= 4 is 88.6 Å². The Morgan fingerprint density at radius 3 is 1.38 bits per heavy atom. The number of carbonyl (C=O) groups excluding carboxylic acids is 13. The molecule has 28 heteroatoms. The SMILES string of the molecule is CC[C@@H]1NC(=O)[C@H](COC(=O)CSC[C@H](N)C(N)=O)N(C)C(=O)[C@H](C(C)C)N(C)C(=O)[C@H](CC(C)C)N(C)C(=O)[C@H](CC(C)C)N(C)C(=O)[C@@H](C)NC(=O)[C@H](C)NC(=O)[C@H](CC(C)C)N(C)C(=O)[C@H](C(C)C)NC(=O)[C@H](CC(C)C)N(C)C(=O)CN(C)C1=O. The number of ether oxygens (including phenoxy) is 1. The normalized spacial score (nSPS) is 25.6. The first-order valence-electron chi connectivity index (χ1n) is 30.9. The molecule has 27 nitrogen and oxygen atoms in total. The molecule has 1 rings (SSSR count). The summed E-state index contributed by atoms with van der Waals surface area (Å²) >= 11 is 0.936. The lowest BCUT2D eigenvalue weighted by Crippen LogP contribution is -2.62. The van der Waals surface area contributed by atoms with E-state index in [9.17, 15) is 52.7 Å². The molecule has 1 saturated heterocycles. The van der Waals surface area contributed by atoms with Gasteiger partial charge in [0.1, 0.15) is 67.0 Å². The summed E-state index contributed by atoms with van der Waals surface area (Å²) in [5.41, 5.74) is 11.0. The van der Waals surface area contributed by atoms with Crippen molar-refractivity contribution in [1.82, 2.24) is 55.6 Å². The zero-order valence-corrected chi connectivity index (χ0v) is 57.9. The van der Waals surface area contributed by atoms with Crippen molar-refractivity contribution in [2.45, 2.75) is 202 Å². The Bertz CT molecular complexity index is 2480. The molecule has 0 aliphatic carbocycles. The number of primary amides is 1. The van der Waals surface area contributed by atoms with Crippen LogP contribution < -0.4 is 32.7 Å². The summed E-state index contributed by atoms with van der Waals surface area (Å²) in [5.74, 6) is -11.8. The van der Waals surface area contributed by atoms with Gasteiger partial charge in [0, 0.05) is 55.1 Å². The van der Waals surface area contributed by atoms with Crippen LogP contribution in [0.2, 0.25) is 0 Å². The fourth-order valence-corrected chi connectivity index (χ4v) is 11.1. The number of amides is 12. The van der Waals surface area contributed by atoms with Crippen molar-refractivity contribution in [2.24, 2.45) is 47.0 Å². The van der Waals surface area contributed by atoms with E-state index in [1.165, 1.54) is 87.7 Å². The van der Waals surface area contributed by atoms with Gasteiger partial charge in [-0.05, 0) is 81.5 Å². The predicted octanol–water partition coefficient (Wildman–Crippen LogP) is 0.395. The minimum absolute atomic E-state index is 0.0382. The first-order chi connectivity index (χ1) is 41.0. The number of hydrogen-bond acceptors (Lipinski definition) is 16. The molecule has 89 heavy (non-hydrogen) atoms. The van der Waals surface area contributed by atoms with Crippen molar-refractivity contribution in [3.63, 3.8) is 0 Å². The lowest BCUT2D eigenvalue weighted by atomic mass is 9.95. The molecule has 1 aliphatic heterocycles. The first-order valence-corrected chi connectivity index (χ1v) is 32.0. The van der Waals surface area contributed by atoms with Crippen molar-refractivity contribution in [1.29, 1.82) is 0 Å². The number of carbonyl (C=O) groups is 13. The zero-order chi connectivity index (χ0) is 69.0. The number of hydrogen-bond donors (Lipinski definition) is 6. The molecule has 8 N–H and O–H groups in total. The van der Waals surface area contributed by atoms with Crippen molar-refractivity contribution in [3.05, 3.63) is 0 Å². The molecule has 11 atom stereocenters. The summed E-state index contributed by atoms with van der Waals surface area (Å²) in [6.45, 7) is 24.6. The minimum atomic E-state index is -1.65. The second-order valence-electron chi connectivity index (χ2n) is 26.1. The molecule has 0 aromatic carbocycles. The third kappa shape index (κ3) is 24.0. The topological polar surface area (TPSA) is 354 Å². The van der Waals surface area contributed by atoms with E-state index in [1.807, 2.05) is 55.4 Å². The highest BCUT2D eigenvalue weighted by molar-refractivity contribution is 8.00. The molecule has 0 bridgehead atoms. The van der Waals surface area contributed by atoms with E-state index < -0.39 is 168 Å². The Kier molecular flexibility index (Phi) is 33.4. The van der Waals surface area contributed by atoms with Crippen molar-refractivity contribution in [2.75, 3.05) is 74.0 Å². The molecule has 0 radical (unpaired) electrons. The van der Waals surface area contributed by atoms with Crippen LogP contribution in [0, 0.1) is 35.5 Å². The average molecular weight is 1280 g/mol. The summed E-state index contributed by atoms with van der Waals surface area (Å²) in [6, 6.07) is -13.8. The lowest BCUT2D eigenvalue weighted by molar-refractivity contribution is -0.157. The van der Waals surface area contributed by atoms with Gasteiger partial charge in [0.25, 0.3) is 0 Å². The third-order valence-corrected chi connectivity index (χ3v) is 16.8. The molecule has 508 valence electrons. The quantitative estimate of drug-likeness (QED) is 0.101. The molecule has 0 unspecified atom stereocenters. The van der Waals surface area contributed by atoms with E-state index in [0.29, 0.717) is 0 Å². The van der Waals surface area contributed by atoms with Crippen LogP contribution in [0.5, 0.6) is 0 Å². The summed E-state index contributed by atoms with van der Waals surface area (Å²) in [6.07, 6.45) is 0.452. The Morgan fingerprint density at radius 2 is 0.921 bits per heavy atom. The van der Waals surface area contributed by atoms with Crippen molar-refractivity contribution < 1.29 is 67.1 Å². The number of thioether (sulfide) groups is 1. The average Bonchev–Trinajstić information content (AvgIpc) is 2.88. The Balaban J connectivity index is 4.28. The number of nitrogens with zero attached hydrogens (tertiary/aromatic N) is 7. The Morgan fingerprint density at radius 1 is 0.506 bits per heavy atom. The molecule has 1 heterocycles. The highest BCUT2D eigenvalue weighted by atomic mass is 32.2. The van der Waals surface area contributed by atoms with Gasteiger partial charge in [-0.1, -0.05) is 90.0 Å². The smallest absolute Gasteiger partial charge is 0.315 e. The van der Waals surface area contributed by atoms with Crippen LogP contribution in [0.1, 0.15) is 136 Å². The highest BCUT2D eigenvalue weighted by Crippen LogP contribution is 2.24. The molecule has 1 fully saturated rings. The standard InChI is InChI=1S/C61H109N13O14S/c1-23-41-57(83)68(16)28-47(75)69(17)42(24-32(2)3)54(80)67-49(36(10)11)60(86)70(18)43(25-33(4)5)53(79)64-38(14)52(78)65-39(15)56(82)71(19)44(26-34(6)7)58(84)72(20)45(27-35(8)9)59(85)74(22)50(37(12)13)61(87)73(21)46(55(81)66-41)29-88-48(76)31-89-30-40(62)51(63)77/h32-46,49-50H,23-31,62H2,1-22H3,(H2,63,77)(H,64,79)(H,65,78)(H,66,81)(H,67,80)/t38-,39+,40-,41-,42-,43-,44-,45-,46-,49-,50-/m0/s1. The molecule has 0 aromatic rings. The van der Waals surface area contributed by atoms with Gasteiger partial charge in [-0.15, -0.1) is 11.8 Å². The minimum Gasteiger partial charge on any atom is -0.462 e. The van der Waals surface area contributed by atoms with Gasteiger partial charge < -0.3 is 71.8 Å². The van der Waals surface area contributed by atoms with Gasteiger partial charge in [-0.3, -0.25) is 62.3 Å². The van der Waals surface area contributed by atoms with Gasteiger partial charge >= 0.3 is 5.97 Å². The van der Waals surface area contributed by atoms with E-state index in [4.69, 9.17) is 16.2 Å². The van der Waals surface area contributed by atoms with Gasteiger partial charge in [0.05, 0.1) is 18.3 Å². The summed E-state index contributed by atoms with van der Waals surface area (Å²) in [5, 5.41) is 10.8. The first kappa shape index (κ1) is 80.4. The fraction of sp³-hybridized carbons (Fsp3) is 0.787. The third-order valence-electron chi connectivity index (χ3n) is 15.8. The molecule has 0 aromatic heterocycles. The van der Waals surface area contributed by atoms with E-state index >= 15 is 9.59 Å². The van der Waals surface area contributed by atoms with Crippen LogP contribution in [0.4, 0.5) is 0 Å². The summed E-state index contributed by atoms with van der Waals surface area (Å²) < 4.78 is 5.56. The van der Waals surface area contributed by atoms with E-state index in [0.717, 1.165) is 21.6 Å². The van der Waals surface area contributed by atoms with Gasteiger partial charge in [0.15, 0.2) is 0 Å². The summed E-state index contributed by atoms with van der Waals surface area (Å²) in [4.78, 5) is 193. The van der Waals surface area contributed by atoms with Crippen LogP contribution in [-0.4, -0.2) is 252 Å². The van der Waals surface area contributed by atoms with Crippen molar-refractivity contribution in [3.8, 4) is 0 Å². The predicted molar refractivity (Wildman–Crippen MR) is 339 cm³/mol. The van der Waals surface area contributed by atoms with E-state index in [1.54, 1.807) is 34.6 Å². The highest BCUT2D eigenvalue weighted by Gasteiger charge is 2.44. The second-order valence-corrected chi connectivity index (χ2v) is 27.1. The van der Waals surface area contributed by atoms with E-state index in [-0.39, 0.29) is 67.3 Å². The summed E-state index contributed by atoms with van der Waals surface area (Å²) in [7, 11) is 9.62. The Hall–Kier alpha value is -6.58. The van der Waals surface area contributed by atoms with Crippen LogP contribution in [0.3, 0.4) is 0 Å². The molecule has 12 amide bonds. The molecule has 0 spiro atoms. The number of rotatable bonds is 18. The maximum absolute atomic E-state index is 15.1. The molecular weight excluding hydrogens is 1170 g/mol. The van der Waals surface area contributed by atoms with Crippen LogP contribution in [0.25, 0.3) is 0 Å². The number of nitrogens with two attached hydrogens (primary N) is 2. The number of esters is 1. The fourth-order valence-electron chi connectivity index (χ4n) is 10.3. The Labute approximate surface area is 532 Å².